The van der Waals surface area contributed by atoms with Gasteiger partial charge in [0.15, 0.2) is 0 Å². The van der Waals surface area contributed by atoms with Crippen molar-refractivity contribution in [2.24, 2.45) is 0 Å². The van der Waals surface area contributed by atoms with Gasteiger partial charge in [0.2, 0.25) is 6.29 Å². The number of alkyl halides is 6. The van der Waals surface area contributed by atoms with Gasteiger partial charge in [-0.3, -0.25) is 4.79 Å². The van der Waals surface area contributed by atoms with Crippen LogP contribution in [0.4, 0.5) is 26.3 Å². The van der Waals surface area contributed by atoms with E-state index in [9.17, 15) is 31.1 Å². The van der Waals surface area contributed by atoms with Gasteiger partial charge in [-0.25, -0.2) is 0 Å². The molecule has 1 aliphatic rings. The molecule has 1 N–H and O–H groups in total. The molecule has 0 bridgehead atoms. The molecule has 1 aromatic carbocycles. The normalized spacial score (nSPS) is 20.4. The standard InChI is InChI=1S/C15H15F6NO4/c1-8(26-13-12(24)22(7-23)2-3-25-13)9-4-10(14(16,17)18)6-11(5-9)15(19,20)21/h4-6,8,13,23H,2-3,7H2,1H3/t8-,13-/m1/s1. The molecular formula is C15H15F6NO4. The number of nitrogens with zero attached hydrogens (tertiary/aromatic N) is 1. The van der Waals surface area contributed by atoms with Crippen LogP contribution >= 0.6 is 0 Å². The van der Waals surface area contributed by atoms with E-state index < -0.39 is 54.1 Å². The average Bonchev–Trinajstić information content (AvgIpc) is 2.54. The number of amides is 1. The first-order valence-corrected chi connectivity index (χ1v) is 7.39. The number of hydrogen-bond donors (Lipinski definition) is 1. The molecule has 0 radical (unpaired) electrons. The summed E-state index contributed by atoms with van der Waals surface area (Å²) in [6.45, 7) is 0.674. The molecular weight excluding hydrogens is 372 g/mol. The molecule has 0 spiro atoms. The van der Waals surface area contributed by atoms with E-state index in [-0.39, 0.29) is 19.2 Å². The number of morpholine rings is 1. The van der Waals surface area contributed by atoms with E-state index in [1.54, 1.807) is 0 Å². The van der Waals surface area contributed by atoms with E-state index in [2.05, 4.69) is 0 Å². The molecule has 146 valence electrons. The number of carbonyl (C=O) groups is 1. The van der Waals surface area contributed by atoms with Crippen molar-refractivity contribution in [1.82, 2.24) is 4.90 Å². The Morgan fingerprint density at radius 3 is 2.19 bits per heavy atom. The van der Waals surface area contributed by atoms with Gasteiger partial charge < -0.3 is 19.5 Å². The molecule has 1 fully saturated rings. The predicted molar refractivity (Wildman–Crippen MR) is 74.5 cm³/mol. The van der Waals surface area contributed by atoms with Gasteiger partial charge in [-0.2, -0.15) is 26.3 Å². The molecule has 0 aromatic heterocycles. The first-order chi connectivity index (χ1) is 11.9. The van der Waals surface area contributed by atoms with Gasteiger partial charge in [-0.1, -0.05) is 0 Å². The third-order valence-corrected chi connectivity index (χ3v) is 3.72. The highest BCUT2D eigenvalue weighted by molar-refractivity contribution is 5.80. The molecule has 11 heteroatoms. The van der Waals surface area contributed by atoms with Gasteiger partial charge in [-0.05, 0) is 30.7 Å². The molecule has 0 unspecified atom stereocenters. The molecule has 1 heterocycles. The van der Waals surface area contributed by atoms with Crippen LogP contribution in [0.3, 0.4) is 0 Å². The van der Waals surface area contributed by atoms with Crippen molar-refractivity contribution in [2.45, 2.75) is 31.7 Å². The third kappa shape index (κ3) is 4.65. The fraction of sp³-hybridized carbons (Fsp3) is 0.533. The van der Waals surface area contributed by atoms with Gasteiger partial charge >= 0.3 is 12.4 Å². The summed E-state index contributed by atoms with van der Waals surface area (Å²) in [5, 5.41) is 9.03. The second kappa shape index (κ2) is 7.41. The Hall–Kier alpha value is -1.85. The van der Waals surface area contributed by atoms with Crippen molar-refractivity contribution in [3.63, 3.8) is 0 Å². The van der Waals surface area contributed by atoms with E-state index in [4.69, 9.17) is 14.6 Å². The monoisotopic (exact) mass is 387 g/mol. The molecule has 1 saturated heterocycles. The van der Waals surface area contributed by atoms with Crippen molar-refractivity contribution in [2.75, 3.05) is 19.9 Å². The van der Waals surface area contributed by atoms with Crippen molar-refractivity contribution < 1.29 is 45.7 Å². The van der Waals surface area contributed by atoms with Crippen molar-refractivity contribution in [3.05, 3.63) is 34.9 Å². The summed E-state index contributed by atoms with van der Waals surface area (Å²) in [4.78, 5) is 12.9. The van der Waals surface area contributed by atoms with E-state index in [1.807, 2.05) is 0 Å². The average molecular weight is 387 g/mol. The molecule has 5 nitrogen and oxygen atoms in total. The van der Waals surface area contributed by atoms with E-state index in [0.717, 1.165) is 4.90 Å². The highest BCUT2D eigenvalue weighted by Crippen LogP contribution is 2.38. The second-order valence-electron chi connectivity index (χ2n) is 5.56. The van der Waals surface area contributed by atoms with Crippen LogP contribution in [0.15, 0.2) is 18.2 Å². The quantitative estimate of drug-likeness (QED) is 0.808. The Kier molecular flexibility index (Phi) is 5.83. The zero-order chi connectivity index (χ0) is 19.7. The fourth-order valence-corrected chi connectivity index (χ4v) is 2.32. The lowest BCUT2D eigenvalue weighted by molar-refractivity contribution is -0.212. The van der Waals surface area contributed by atoms with Crippen LogP contribution < -0.4 is 0 Å². The smallest absolute Gasteiger partial charge is 0.376 e. The SMILES string of the molecule is C[C@@H](O[C@H]1OCCN(CO)C1=O)c1cc(C(F)(F)F)cc(C(F)(F)F)c1. The summed E-state index contributed by atoms with van der Waals surface area (Å²) in [5.41, 5.74) is -3.37. The van der Waals surface area contributed by atoms with Crippen molar-refractivity contribution in [1.29, 1.82) is 0 Å². The van der Waals surface area contributed by atoms with E-state index in [1.165, 1.54) is 6.92 Å². The number of aliphatic hydroxyl groups is 1. The zero-order valence-corrected chi connectivity index (χ0v) is 13.4. The Morgan fingerprint density at radius 1 is 1.19 bits per heavy atom. The molecule has 2 atom stereocenters. The highest BCUT2D eigenvalue weighted by Gasteiger charge is 2.38. The number of ether oxygens (including phenoxy) is 2. The number of halogens is 6. The molecule has 1 aliphatic heterocycles. The second-order valence-corrected chi connectivity index (χ2v) is 5.56. The van der Waals surface area contributed by atoms with Crippen LogP contribution in [0, 0.1) is 0 Å². The number of hydrogen-bond acceptors (Lipinski definition) is 4. The summed E-state index contributed by atoms with van der Waals surface area (Å²) in [7, 11) is 0. The predicted octanol–water partition coefficient (Wildman–Crippen LogP) is 2.94. The number of benzene rings is 1. The lowest BCUT2D eigenvalue weighted by atomic mass is 10.0. The summed E-state index contributed by atoms with van der Waals surface area (Å²) >= 11 is 0. The number of aliphatic hydroxyl groups excluding tert-OH is 1. The summed E-state index contributed by atoms with van der Waals surface area (Å²) in [6, 6.07) is 1.06. The minimum absolute atomic E-state index is 0.0000779. The van der Waals surface area contributed by atoms with Gasteiger partial charge in [0.1, 0.15) is 6.73 Å². The first kappa shape index (κ1) is 20.5. The minimum atomic E-state index is -4.99. The Morgan fingerprint density at radius 2 is 1.73 bits per heavy atom. The number of carbonyl (C=O) groups excluding carboxylic acids is 1. The maximum Gasteiger partial charge on any atom is 0.416 e. The Bertz CT molecular complexity index is 628. The van der Waals surface area contributed by atoms with Gasteiger partial charge in [0.05, 0.1) is 23.8 Å². The van der Waals surface area contributed by atoms with Gasteiger partial charge in [0, 0.05) is 6.54 Å². The van der Waals surface area contributed by atoms with Crippen LogP contribution in [0.5, 0.6) is 0 Å². The first-order valence-electron chi connectivity index (χ1n) is 7.39. The van der Waals surface area contributed by atoms with Gasteiger partial charge in [0.25, 0.3) is 5.91 Å². The van der Waals surface area contributed by atoms with Crippen LogP contribution in [-0.4, -0.2) is 42.1 Å². The lowest BCUT2D eigenvalue weighted by Gasteiger charge is -2.32. The molecule has 0 saturated carbocycles. The zero-order valence-electron chi connectivity index (χ0n) is 13.4. The lowest BCUT2D eigenvalue weighted by Crippen LogP contribution is -2.49. The minimum Gasteiger partial charge on any atom is -0.376 e. The molecule has 26 heavy (non-hydrogen) atoms. The van der Waals surface area contributed by atoms with Crippen LogP contribution in [-0.2, 0) is 26.6 Å². The van der Waals surface area contributed by atoms with Crippen LogP contribution in [0.1, 0.15) is 29.7 Å². The van der Waals surface area contributed by atoms with E-state index >= 15 is 0 Å². The Labute approximate surface area is 144 Å². The fourth-order valence-electron chi connectivity index (χ4n) is 2.32. The Balaban J connectivity index is 2.30. The van der Waals surface area contributed by atoms with Crippen LogP contribution in [0.2, 0.25) is 0 Å². The summed E-state index contributed by atoms with van der Waals surface area (Å²) < 4.78 is 87.6. The van der Waals surface area contributed by atoms with Crippen molar-refractivity contribution >= 4 is 5.91 Å². The summed E-state index contributed by atoms with van der Waals surface area (Å²) in [6.07, 6.45) is -12.8. The molecule has 2 rings (SSSR count). The molecule has 1 amide bonds. The maximum absolute atomic E-state index is 12.9. The third-order valence-electron chi connectivity index (χ3n) is 3.72. The van der Waals surface area contributed by atoms with Gasteiger partial charge in [-0.15, -0.1) is 0 Å². The molecule has 0 aliphatic carbocycles. The maximum atomic E-state index is 12.9. The molecule has 1 aromatic rings. The van der Waals surface area contributed by atoms with Crippen LogP contribution in [0.25, 0.3) is 0 Å². The summed E-state index contributed by atoms with van der Waals surface area (Å²) in [5.74, 6) is -0.770. The topological polar surface area (TPSA) is 59.0 Å². The van der Waals surface area contributed by atoms with Crippen molar-refractivity contribution in [3.8, 4) is 0 Å². The van der Waals surface area contributed by atoms with E-state index in [0.29, 0.717) is 12.1 Å². The largest absolute Gasteiger partial charge is 0.416 e. The highest BCUT2D eigenvalue weighted by atomic mass is 19.4. The number of rotatable bonds is 4.